The fourth-order valence-electron chi connectivity index (χ4n) is 2.77. The molecule has 23 heavy (non-hydrogen) atoms. The second-order valence-corrected chi connectivity index (χ2v) is 7.91. The van der Waals surface area contributed by atoms with Crippen molar-refractivity contribution in [2.45, 2.75) is 18.2 Å². The van der Waals surface area contributed by atoms with Crippen LogP contribution >= 0.6 is 11.6 Å². The van der Waals surface area contributed by atoms with Gasteiger partial charge in [-0.2, -0.15) is 4.31 Å². The smallest absolute Gasteiger partial charge is 0.417 e. The van der Waals surface area contributed by atoms with Gasteiger partial charge < -0.3 is 4.74 Å². The van der Waals surface area contributed by atoms with E-state index in [0.29, 0.717) is 17.0 Å². The van der Waals surface area contributed by atoms with Crippen molar-refractivity contribution in [3.05, 3.63) is 34.9 Å². The quantitative estimate of drug-likeness (QED) is 0.808. The molecule has 0 N–H and O–H groups in total. The summed E-state index contributed by atoms with van der Waals surface area (Å²) < 4.78 is 31.0. The maximum atomic E-state index is 12.5. The molecule has 0 aliphatic carbocycles. The van der Waals surface area contributed by atoms with Gasteiger partial charge in [0.1, 0.15) is 0 Å². The zero-order chi connectivity index (χ0) is 16.6. The molecule has 2 fully saturated rings. The van der Waals surface area contributed by atoms with Gasteiger partial charge in [0.05, 0.1) is 11.8 Å². The highest BCUT2D eigenvalue weighted by Crippen LogP contribution is 2.24. The van der Waals surface area contributed by atoms with Crippen LogP contribution in [0.15, 0.2) is 24.3 Å². The van der Waals surface area contributed by atoms with E-state index >= 15 is 0 Å². The van der Waals surface area contributed by atoms with E-state index in [1.165, 1.54) is 4.31 Å². The minimum Gasteiger partial charge on any atom is -0.439 e. The lowest BCUT2D eigenvalue weighted by Gasteiger charge is -2.20. The number of sulfonamides is 1. The van der Waals surface area contributed by atoms with Crippen LogP contribution < -0.4 is 0 Å². The number of rotatable bonds is 4. The van der Waals surface area contributed by atoms with E-state index in [-0.39, 0.29) is 25.4 Å². The Kier molecular flexibility index (Phi) is 4.31. The van der Waals surface area contributed by atoms with Gasteiger partial charge in [0.25, 0.3) is 5.91 Å². The molecule has 2 heterocycles. The van der Waals surface area contributed by atoms with Gasteiger partial charge >= 0.3 is 6.09 Å². The normalized spacial score (nSPS) is 22.7. The van der Waals surface area contributed by atoms with E-state index in [1.807, 2.05) is 0 Å². The monoisotopic (exact) mass is 358 g/mol. The number of amides is 2. The van der Waals surface area contributed by atoms with Crippen molar-refractivity contribution in [2.75, 3.05) is 19.7 Å². The second kappa shape index (κ2) is 6.10. The number of nitrogens with zero attached hydrogens (tertiary/aromatic N) is 2. The summed E-state index contributed by atoms with van der Waals surface area (Å²) in [5.74, 6) is -0.563. The van der Waals surface area contributed by atoms with Crippen molar-refractivity contribution in [2.24, 2.45) is 0 Å². The summed E-state index contributed by atoms with van der Waals surface area (Å²) >= 11 is 5.79. The van der Waals surface area contributed by atoms with Gasteiger partial charge in [0, 0.05) is 18.1 Å². The first-order chi connectivity index (χ1) is 10.9. The summed E-state index contributed by atoms with van der Waals surface area (Å²) in [6.45, 7) is 0.112. The molecule has 0 spiro atoms. The minimum absolute atomic E-state index is 0.108. The highest BCUT2D eigenvalue weighted by molar-refractivity contribution is 7.88. The Balaban J connectivity index is 1.69. The second-order valence-electron chi connectivity index (χ2n) is 5.50. The summed E-state index contributed by atoms with van der Waals surface area (Å²) in [5, 5.41) is 0.540. The molecule has 1 atom stereocenters. The molecular formula is C14H15ClN2O5S. The van der Waals surface area contributed by atoms with Gasteiger partial charge in [-0.05, 0) is 24.1 Å². The van der Waals surface area contributed by atoms with Crippen LogP contribution in [0.2, 0.25) is 5.02 Å². The highest BCUT2D eigenvalue weighted by atomic mass is 35.5. The summed E-state index contributed by atoms with van der Waals surface area (Å²) in [5.41, 5.74) is 0.634. The summed E-state index contributed by atoms with van der Waals surface area (Å²) in [7, 11) is -3.52. The summed E-state index contributed by atoms with van der Waals surface area (Å²) in [6.07, 6.45) is -0.280. The third-order valence-corrected chi connectivity index (χ3v) is 6.00. The van der Waals surface area contributed by atoms with Crippen molar-refractivity contribution in [1.82, 2.24) is 9.21 Å². The van der Waals surface area contributed by atoms with Gasteiger partial charge in [-0.15, -0.1) is 0 Å². The number of benzene rings is 1. The molecule has 7 nitrogen and oxygen atoms in total. The largest absolute Gasteiger partial charge is 0.439 e. The predicted octanol–water partition coefficient (Wildman–Crippen LogP) is 1.22. The number of imide groups is 1. The van der Waals surface area contributed by atoms with Gasteiger partial charge in [-0.3, -0.25) is 4.79 Å². The molecule has 3 rings (SSSR count). The average molecular weight is 359 g/mol. The zero-order valence-corrected chi connectivity index (χ0v) is 13.7. The summed E-state index contributed by atoms with van der Waals surface area (Å²) in [4.78, 5) is 24.2. The Labute approximate surface area is 138 Å². The Morgan fingerprint density at radius 3 is 2.52 bits per heavy atom. The lowest BCUT2D eigenvalue weighted by molar-refractivity contribution is -0.127. The van der Waals surface area contributed by atoms with Crippen LogP contribution in [-0.2, 0) is 25.3 Å². The van der Waals surface area contributed by atoms with Crippen molar-refractivity contribution in [3.8, 4) is 0 Å². The number of carbonyl (C=O) groups is 2. The molecule has 2 amide bonds. The number of halogens is 1. The fourth-order valence-corrected chi connectivity index (χ4v) is 4.48. The molecule has 9 heteroatoms. The number of hydrogen-bond donors (Lipinski definition) is 0. The lowest BCUT2D eigenvalue weighted by atomic mass is 10.2. The molecule has 1 aromatic rings. The molecule has 0 saturated carbocycles. The summed E-state index contributed by atoms with van der Waals surface area (Å²) in [6, 6.07) is 6.14. The minimum atomic E-state index is -3.52. The Bertz CT molecular complexity index is 718. The number of cyclic esters (lactones) is 1. The molecule has 0 bridgehead atoms. The molecule has 124 valence electrons. The number of ether oxygens (including phenoxy) is 1. The molecule has 2 saturated heterocycles. The van der Waals surface area contributed by atoms with E-state index in [9.17, 15) is 18.0 Å². The molecule has 1 unspecified atom stereocenters. The predicted molar refractivity (Wildman–Crippen MR) is 82.2 cm³/mol. The van der Waals surface area contributed by atoms with E-state index < -0.39 is 28.1 Å². The van der Waals surface area contributed by atoms with E-state index in [2.05, 4.69) is 4.74 Å². The average Bonchev–Trinajstić information content (AvgIpc) is 3.09. The van der Waals surface area contributed by atoms with E-state index in [1.54, 1.807) is 24.3 Å². The first-order valence-corrected chi connectivity index (χ1v) is 9.06. The first kappa shape index (κ1) is 16.2. The highest BCUT2D eigenvalue weighted by Gasteiger charge is 2.42. The molecule has 0 radical (unpaired) electrons. The van der Waals surface area contributed by atoms with Crippen molar-refractivity contribution in [1.29, 1.82) is 0 Å². The number of carbonyl (C=O) groups excluding carboxylic acids is 2. The van der Waals surface area contributed by atoms with Crippen molar-refractivity contribution >= 4 is 33.6 Å². The van der Waals surface area contributed by atoms with Gasteiger partial charge in [-0.25, -0.2) is 18.1 Å². The lowest BCUT2D eigenvalue weighted by Crippen LogP contribution is -2.42. The van der Waals surface area contributed by atoms with Crippen molar-refractivity contribution in [3.63, 3.8) is 0 Å². The van der Waals surface area contributed by atoms with Crippen LogP contribution in [0.4, 0.5) is 4.79 Å². The van der Waals surface area contributed by atoms with E-state index in [0.717, 1.165) is 4.90 Å². The van der Waals surface area contributed by atoms with E-state index in [4.69, 9.17) is 11.6 Å². The molecule has 1 aromatic carbocycles. The third kappa shape index (κ3) is 3.34. The Morgan fingerprint density at radius 1 is 1.22 bits per heavy atom. The molecule has 2 aliphatic rings. The topological polar surface area (TPSA) is 84.0 Å². The van der Waals surface area contributed by atoms with Crippen molar-refractivity contribution < 1.29 is 22.7 Å². The van der Waals surface area contributed by atoms with Crippen LogP contribution in [0.1, 0.15) is 12.0 Å². The Morgan fingerprint density at radius 2 is 1.91 bits per heavy atom. The van der Waals surface area contributed by atoms with Gasteiger partial charge in [0.15, 0.2) is 6.61 Å². The molecular weight excluding hydrogens is 344 g/mol. The first-order valence-electron chi connectivity index (χ1n) is 7.08. The molecule has 0 aromatic heterocycles. The van der Waals surface area contributed by atoms with Gasteiger partial charge in [0.2, 0.25) is 10.0 Å². The molecule has 2 aliphatic heterocycles. The SMILES string of the molecule is O=C1COC(=O)N1C1CCN(S(=O)(=O)Cc2ccc(Cl)cc2)C1. The Hall–Kier alpha value is -1.64. The van der Waals surface area contributed by atoms with Crippen LogP contribution in [0.5, 0.6) is 0 Å². The maximum absolute atomic E-state index is 12.5. The van der Waals surface area contributed by atoms with Crippen LogP contribution in [0, 0.1) is 0 Å². The van der Waals surface area contributed by atoms with Crippen LogP contribution in [0.3, 0.4) is 0 Å². The standard InChI is InChI=1S/C14H15ClN2O5S/c15-11-3-1-10(2-4-11)9-23(20,21)16-6-5-12(7-16)17-13(18)8-22-14(17)19/h1-4,12H,5-9H2. The van der Waals surface area contributed by atoms with Gasteiger partial charge in [-0.1, -0.05) is 23.7 Å². The van der Waals surface area contributed by atoms with Crippen LogP contribution in [0.25, 0.3) is 0 Å². The third-order valence-electron chi connectivity index (χ3n) is 3.93. The zero-order valence-electron chi connectivity index (χ0n) is 12.1. The van der Waals surface area contributed by atoms with Crippen LogP contribution in [-0.4, -0.2) is 55.4 Å². The maximum Gasteiger partial charge on any atom is 0.417 e. The fraction of sp³-hybridized carbons (Fsp3) is 0.429. The number of hydrogen-bond acceptors (Lipinski definition) is 5.